The van der Waals surface area contributed by atoms with Crippen molar-refractivity contribution in [2.24, 2.45) is 0 Å². The summed E-state index contributed by atoms with van der Waals surface area (Å²) in [6, 6.07) is 18.4. The van der Waals surface area contributed by atoms with Crippen LogP contribution in [0.4, 0.5) is 10.5 Å². The molecule has 1 aliphatic rings. The first-order valence-electron chi connectivity index (χ1n) is 10.7. The fourth-order valence-electron chi connectivity index (χ4n) is 3.45. The number of urea groups is 1. The van der Waals surface area contributed by atoms with Crippen LogP contribution in [-0.4, -0.2) is 24.5 Å². The van der Waals surface area contributed by atoms with E-state index in [1.807, 2.05) is 37.3 Å². The first-order valence-corrected chi connectivity index (χ1v) is 11.8. The normalized spacial score (nSPS) is 14.8. The van der Waals surface area contributed by atoms with Crippen LogP contribution in [0.5, 0.6) is 11.5 Å². The van der Waals surface area contributed by atoms with Crippen molar-refractivity contribution in [3.05, 3.63) is 92.9 Å². The molecule has 0 aliphatic carbocycles. The van der Waals surface area contributed by atoms with Crippen LogP contribution < -0.4 is 19.7 Å². The van der Waals surface area contributed by atoms with E-state index >= 15 is 0 Å². The minimum absolute atomic E-state index is 0.202. The average Bonchev–Trinajstić information content (AvgIpc) is 2.83. The molecule has 0 radical (unpaired) electrons. The van der Waals surface area contributed by atoms with Crippen LogP contribution in [0.25, 0.3) is 6.08 Å². The Morgan fingerprint density at radius 3 is 2.40 bits per heavy atom. The summed E-state index contributed by atoms with van der Waals surface area (Å²) in [5.41, 5.74) is 1.59. The predicted octanol–water partition coefficient (Wildman–Crippen LogP) is 5.75. The summed E-state index contributed by atoms with van der Waals surface area (Å²) in [7, 11) is 0. The molecule has 0 saturated carbocycles. The molecule has 1 aliphatic heterocycles. The maximum absolute atomic E-state index is 13.1. The van der Waals surface area contributed by atoms with Crippen molar-refractivity contribution in [2.75, 3.05) is 11.5 Å². The highest BCUT2D eigenvalue weighted by Crippen LogP contribution is 2.38. The Bertz CT molecular complexity index is 1310. The lowest BCUT2D eigenvalue weighted by molar-refractivity contribution is -0.122. The number of amides is 4. The van der Waals surface area contributed by atoms with Gasteiger partial charge in [-0.05, 0) is 76.5 Å². The largest absolute Gasteiger partial charge is 0.490 e. The van der Waals surface area contributed by atoms with E-state index in [0.717, 1.165) is 10.5 Å². The number of hydrogen-bond donors (Lipinski definition) is 1. The number of halogens is 2. The summed E-state index contributed by atoms with van der Waals surface area (Å²) in [6.45, 7) is 2.55. The van der Waals surface area contributed by atoms with Crippen LogP contribution in [0.2, 0.25) is 5.02 Å². The van der Waals surface area contributed by atoms with Gasteiger partial charge in [-0.1, -0.05) is 41.9 Å². The third kappa shape index (κ3) is 5.55. The molecule has 1 saturated heterocycles. The molecule has 35 heavy (non-hydrogen) atoms. The van der Waals surface area contributed by atoms with Crippen LogP contribution >= 0.6 is 27.5 Å². The second kappa shape index (κ2) is 10.8. The third-order valence-corrected chi connectivity index (χ3v) is 5.90. The molecule has 0 atom stereocenters. The first kappa shape index (κ1) is 24.5. The molecule has 3 aromatic rings. The quantitative estimate of drug-likeness (QED) is 0.297. The van der Waals surface area contributed by atoms with Crippen LogP contribution in [-0.2, 0) is 16.2 Å². The van der Waals surface area contributed by atoms with Gasteiger partial charge in [0.1, 0.15) is 12.2 Å². The van der Waals surface area contributed by atoms with E-state index in [0.29, 0.717) is 39.8 Å². The minimum atomic E-state index is -0.833. The average molecular weight is 556 g/mol. The van der Waals surface area contributed by atoms with Crippen molar-refractivity contribution >= 4 is 57.1 Å². The summed E-state index contributed by atoms with van der Waals surface area (Å²) in [5, 5.41) is 2.66. The molecule has 7 nitrogen and oxygen atoms in total. The van der Waals surface area contributed by atoms with Gasteiger partial charge in [0, 0.05) is 5.02 Å². The van der Waals surface area contributed by atoms with E-state index in [1.54, 1.807) is 24.3 Å². The van der Waals surface area contributed by atoms with Gasteiger partial charge < -0.3 is 9.47 Å². The Morgan fingerprint density at radius 2 is 1.71 bits per heavy atom. The first-order chi connectivity index (χ1) is 16.9. The summed E-state index contributed by atoms with van der Waals surface area (Å²) in [6.07, 6.45) is 1.40. The molecular formula is C26H20BrClN2O5. The van der Waals surface area contributed by atoms with Crippen molar-refractivity contribution in [3.63, 3.8) is 0 Å². The molecule has 1 N–H and O–H groups in total. The highest BCUT2D eigenvalue weighted by Gasteiger charge is 2.36. The monoisotopic (exact) mass is 554 g/mol. The number of nitrogens with one attached hydrogen (secondary N) is 1. The molecule has 1 heterocycles. The van der Waals surface area contributed by atoms with Crippen molar-refractivity contribution in [2.45, 2.75) is 13.5 Å². The van der Waals surface area contributed by atoms with Gasteiger partial charge in [-0.25, -0.2) is 9.69 Å². The standard InChI is InChI=1S/C26H20BrClN2O5/c1-2-34-22-14-17(13-21(27)23(22)35-15-16-6-4-3-5-7-16)12-20-24(31)29-26(33)30(25(20)32)19-10-8-18(28)9-11-19/h3-14H,2,15H2,1H3,(H,29,31,33)/b20-12+. The highest BCUT2D eigenvalue weighted by molar-refractivity contribution is 9.10. The lowest BCUT2D eigenvalue weighted by Crippen LogP contribution is -2.54. The van der Waals surface area contributed by atoms with E-state index < -0.39 is 17.8 Å². The van der Waals surface area contributed by atoms with E-state index in [4.69, 9.17) is 21.1 Å². The number of barbiturate groups is 1. The zero-order chi connectivity index (χ0) is 24.9. The van der Waals surface area contributed by atoms with Gasteiger partial charge in [-0.3, -0.25) is 14.9 Å². The molecular weight excluding hydrogens is 536 g/mol. The number of hydrogen-bond acceptors (Lipinski definition) is 5. The van der Waals surface area contributed by atoms with Crippen LogP contribution in [0.3, 0.4) is 0 Å². The molecule has 0 spiro atoms. The Hall–Kier alpha value is -3.62. The minimum Gasteiger partial charge on any atom is -0.490 e. The van der Waals surface area contributed by atoms with Crippen LogP contribution in [0.15, 0.2) is 76.8 Å². The number of anilines is 1. The lowest BCUT2D eigenvalue weighted by Gasteiger charge is -2.26. The molecule has 178 valence electrons. The molecule has 4 amide bonds. The zero-order valence-electron chi connectivity index (χ0n) is 18.6. The summed E-state index contributed by atoms with van der Waals surface area (Å²) >= 11 is 9.42. The van der Waals surface area contributed by atoms with E-state index in [2.05, 4.69) is 21.2 Å². The lowest BCUT2D eigenvalue weighted by atomic mass is 10.1. The molecule has 9 heteroatoms. The van der Waals surface area contributed by atoms with E-state index in [-0.39, 0.29) is 11.3 Å². The zero-order valence-corrected chi connectivity index (χ0v) is 20.9. The second-order valence-corrected chi connectivity index (χ2v) is 8.76. The maximum atomic E-state index is 13.1. The number of nitrogens with zero attached hydrogens (tertiary/aromatic N) is 1. The topological polar surface area (TPSA) is 84.9 Å². The second-order valence-electron chi connectivity index (χ2n) is 7.47. The predicted molar refractivity (Wildman–Crippen MR) is 137 cm³/mol. The SMILES string of the molecule is CCOc1cc(/C=C2\C(=O)NC(=O)N(c3ccc(Cl)cc3)C2=O)cc(Br)c1OCc1ccccc1. The van der Waals surface area contributed by atoms with Crippen molar-refractivity contribution < 1.29 is 23.9 Å². The number of carbonyl (C=O) groups excluding carboxylic acids is 3. The van der Waals surface area contributed by atoms with Gasteiger partial charge in [-0.15, -0.1) is 0 Å². The number of benzene rings is 3. The summed E-state index contributed by atoms with van der Waals surface area (Å²) < 4.78 is 12.3. The van der Waals surface area contributed by atoms with E-state index in [9.17, 15) is 14.4 Å². The van der Waals surface area contributed by atoms with Crippen LogP contribution in [0.1, 0.15) is 18.1 Å². The smallest absolute Gasteiger partial charge is 0.335 e. The van der Waals surface area contributed by atoms with Crippen LogP contribution in [0, 0.1) is 0 Å². The molecule has 0 bridgehead atoms. The van der Waals surface area contributed by atoms with Crippen molar-refractivity contribution in [3.8, 4) is 11.5 Å². The van der Waals surface area contributed by atoms with Gasteiger partial charge in [0.2, 0.25) is 0 Å². The Balaban J connectivity index is 1.66. The van der Waals surface area contributed by atoms with Gasteiger partial charge in [-0.2, -0.15) is 0 Å². The fourth-order valence-corrected chi connectivity index (χ4v) is 4.15. The Morgan fingerprint density at radius 1 is 1.00 bits per heavy atom. The summed E-state index contributed by atoms with van der Waals surface area (Å²) in [5.74, 6) is -0.600. The molecule has 0 aromatic heterocycles. The molecule has 4 rings (SSSR count). The Labute approximate surface area is 215 Å². The number of rotatable bonds is 7. The Kier molecular flexibility index (Phi) is 7.53. The van der Waals surface area contributed by atoms with Gasteiger partial charge >= 0.3 is 6.03 Å². The molecule has 1 fully saturated rings. The molecule has 0 unspecified atom stereocenters. The molecule has 3 aromatic carbocycles. The number of carbonyl (C=O) groups is 3. The fraction of sp³-hybridized carbons (Fsp3) is 0.115. The number of imide groups is 2. The van der Waals surface area contributed by atoms with Crippen molar-refractivity contribution in [1.29, 1.82) is 0 Å². The van der Waals surface area contributed by atoms with Gasteiger partial charge in [0.05, 0.1) is 16.8 Å². The third-order valence-electron chi connectivity index (χ3n) is 5.06. The van der Waals surface area contributed by atoms with E-state index in [1.165, 1.54) is 18.2 Å². The number of ether oxygens (including phenoxy) is 2. The van der Waals surface area contributed by atoms with Gasteiger partial charge in [0.25, 0.3) is 11.8 Å². The van der Waals surface area contributed by atoms with Crippen molar-refractivity contribution in [1.82, 2.24) is 5.32 Å². The maximum Gasteiger partial charge on any atom is 0.335 e. The van der Waals surface area contributed by atoms with Gasteiger partial charge in [0.15, 0.2) is 11.5 Å². The highest BCUT2D eigenvalue weighted by atomic mass is 79.9. The summed E-state index contributed by atoms with van der Waals surface area (Å²) in [4.78, 5) is 39.0.